The van der Waals surface area contributed by atoms with Crippen LogP contribution in [0.3, 0.4) is 0 Å². The number of amides is 1. The van der Waals surface area contributed by atoms with Crippen molar-refractivity contribution in [3.05, 3.63) is 35.4 Å². The largest absolute Gasteiger partial charge is 0.338 e. The van der Waals surface area contributed by atoms with E-state index in [0.717, 1.165) is 31.4 Å². The Morgan fingerprint density at radius 3 is 2.68 bits per heavy atom. The second kappa shape index (κ2) is 7.45. The van der Waals surface area contributed by atoms with Gasteiger partial charge in [0.05, 0.1) is 5.56 Å². The molecular formula is C16H20F2N2O2. The van der Waals surface area contributed by atoms with E-state index in [0.29, 0.717) is 19.2 Å². The maximum Gasteiger partial charge on any atom is 0.223 e. The molecular weight excluding hydrogens is 290 g/mol. The molecule has 0 radical (unpaired) electrons. The van der Waals surface area contributed by atoms with Crippen LogP contribution in [0.1, 0.15) is 42.5 Å². The van der Waals surface area contributed by atoms with Gasteiger partial charge in [0.15, 0.2) is 5.78 Å². The molecule has 0 saturated carbocycles. The fourth-order valence-electron chi connectivity index (χ4n) is 2.79. The van der Waals surface area contributed by atoms with Crippen molar-refractivity contribution in [1.29, 1.82) is 0 Å². The summed E-state index contributed by atoms with van der Waals surface area (Å²) in [7, 11) is 0. The number of ketones is 1. The zero-order valence-corrected chi connectivity index (χ0v) is 12.4. The molecule has 0 spiro atoms. The van der Waals surface area contributed by atoms with Crippen LogP contribution in [0.2, 0.25) is 0 Å². The minimum Gasteiger partial charge on any atom is -0.338 e. The van der Waals surface area contributed by atoms with Gasteiger partial charge < -0.3 is 10.6 Å². The van der Waals surface area contributed by atoms with E-state index in [1.807, 2.05) is 0 Å². The molecule has 1 unspecified atom stereocenters. The van der Waals surface area contributed by atoms with Gasteiger partial charge in [-0.25, -0.2) is 8.78 Å². The molecule has 1 saturated heterocycles. The zero-order valence-electron chi connectivity index (χ0n) is 12.4. The first-order valence-electron chi connectivity index (χ1n) is 7.50. The third-order valence-electron chi connectivity index (χ3n) is 4.02. The number of hydrogen-bond acceptors (Lipinski definition) is 3. The fraction of sp³-hybridized carbons (Fsp3) is 0.500. The molecule has 22 heavy (non-hydrogen) atoms. The van der Waals surface area contributed by atoms with Gasteiger partial charge in [0.1, 0.15) is 11.6 Å². The normalized spacial score (nSPS) is 18.3. The third kappa shape index (κ3) is 3.88. The van der Waals surface area contributed by atoms with Crippen LogP contribution in [0.4, 0.5) is 8.78 Å². The zero-order chi connectivity index (χ0) is 16.1. The summed E-state index contributed by atoms with van der Waals surface area (Å²) in [6, 6.07) is 2.84. The molecule has 120 valence electrons. The van der Waals surface area contributed by atoms with Crippen molar-refractivity contribution in [1.82, 2.24) is 4.90 Å². The van der Waals surface area contributed by atoms with E-state index in [1.54, 1.807) is 4.90 Å². The van der Waals surface area contributed by atoms with E-state index in [1.165, 1.54) is 0 Å². The maximum atomic E-state index is 13.5. The quantitative estimate of drug-likeness (QED) is 0.849. The SMILES string of the molecule is NCC1CCCCN1C(=O)CCC(=O)c1ccc(F)cc1F. The number of rotatable bonds is 5. The van der Waals surface area contributed by atoms with Crippen LogP contribution in [0.15, 0.2) is 18.2 Å². The van der Waals surface area contributed by atoms with Crippen molar-refractivity contribution >= 4 is 11.7 Å². The number of piperidine rings is 1. The van der Waals surface area contributed by atoms with Gasteiger partial charge in [0, 0.05) is 38.0 Å². The summed E-state index contributed by atoms with van der Waals surface area (Å²) in [4.78, 5) is 25.9. The molecule has 1 atom stereocenters. The van der Waals surface area contributed by atoms with Crippen molar-refractivity contribution < 1.29 is 18.4 Å². The molecule has 1 aliphatic heterocycles. The molecule has 0 aliphatic carbocycles. The number of benzene rings is 1. The molecule has 6 heteroatoms. The summed E-state index contributed by atoms with van der Waals surface area (Å²) in [5.74, 6) is -2.25. The van der Waals surface area contributed by atoms with E-state index in [-0.39, 0.29) is 30.4 Å². The molecule has 2 N–H and O–H groups in total. The summed E-state index contributed by atoms with van der Waals surface area (Å²) < 4.78 is 26.3. The number of nitrogens with zero attached hydrogens (tertiary/aromatic N) is 1. The first-order chi connectivity index (χ1) is 10.5. The molecule has 4 nitrogen and oxygen atoms in total. The van der Waals surface area contributed by atoms with Gasteiger partial charge in [-0.15, -0.1) is 0 Å². The molecule has 0 bridgehead atoms. The molecule has 0 aromatic heterocycles. The van der Waals surface area contributed by atoms with Crippen LogP contribution < -0.4 is 5.73 Å². The average Bonchev–Trinajstić information content (AvgIpc) is 2.52. The van der Waals surface area contributed by atoms with Gasteiger partial charge in [-0.05, 0) is 31.4 Å². The Kier molecular flexibility index (Phi) is 5.60. The third-order valence-corrected chi connectivity index (χ3v) is 4.02. The predicted molar refractivity (Wildman–Crippen MR) is 78.3 cm³/mol. The maximum absolute atomic E-state index is 13.5. The van der Waals surface area contributed by atoms with Crippen LogP contribution in [0.5, 0.6) is 0 Å². The summed E-state index contributed by atoms with van der Waals surface area (Å²) in [6.07, 6.45) is 2.79. The number of Topliss-reactive ketones (excluding diaryl/α,β-unsaturated/α-hetero) is 1. The first-order valence-corrected chi connectivity index (χ1v) is 7.50. The summed E-state index contributed by atoms with van der Waals surface area (Å²) in [5.41, 5.74) is 5.49. The Labute approximate surface area is 128 Å². The van der Waals surface area contributed by atoms with Gasteiger partial charge in [0.2, 0.25) is 5.91 Å². The second-order valence-electron chi connectivity index (χ2n) is 5.52. The fourth-order valence-corrected chi connectivity index (χ4v) is 2.79. The van der Waals surface area contributed by atoms with Crippen LogP contribution in [-0.4, -0.2) is 35.7 Å². The molecule has 1 heterocycles. The lowest BCUT2D eigenvalue weighted by atomic mass is 10.0. The highest BCUT2D eigenvalue weighted by molar-refractivity contribution is 5.98. The Bertz CT molecular complexity index is 563. The van der Waals surface area contributed by atoms with Gasteiger partial charge >= 0.3 is 0 Å². The number of carbonyl (C=O) groups is 2. The molecule has 1 aromatic carbocycles. The van der Waals surface area contributed by atoms with E-state index in [2.05, 4.69) is 0 Å². The van der Waals surface area contributed by atoms with E-state index >= 15 is 0 Å². The predicted octanol–water partition coefficient (Wildman–Crippen LogP) is 2.27. The van der Waals surface area contributed by atoms with E-state index in [4.69, 9.17) is 5.73 Å². The highest BCUT2D eigenvalue weighted by atomic mass is 19.1. The lowest BCUT2D eigenvalue weighted by molar-refractivity contribution is -0.134. The minimum atomic E-state index is -0.893. The van der Waals surface area contributed by atoms with Gasteiger partial charge in [-0.2, -0.15) is 0 Å². The minimum absolute atomic E-state index is 0.0200. The van der Waals surface area contributed by atoms with Crippen LogP contribution in [0, 0.1) is 11.6 Å². The van der Waals surface area contributed by atoms with Gasteiger partial charge in [-0.1, -0.05) is 0 Å². The molecule has 1 fully saturated rings. The van der Waals surface area contributed by atoms with Crippen LogP contribution in [0.25, 0.3) is 0 Å². The smallest absolute Gasteiger partial charge is 0.223 e. The summed E-state index contributed by atoms with van der Waals surface area (Å²) in [5, 5.41) is 0. The number of likely N-dealkylation sites (tertiary alicyclic amines) is 1. The number of halogens is 2. The highest BCUT2D eigenvalue weighted by Crippen LogP contribution is 2.19. The van der Waals surface area contributed by atoms with Crippen molar-refractivity contribution in [2.75, 3.05) is 13.1 Å². The van der Waals surface area contributed by atoms with Crippen molar-refractivity contribution in [3.8, 4) is 0 Å². The van der Waals surface area contributed by atoms with E-state index in [9.17, 15) is 18.4 Å². The molecule has 1 aromatic rings. The Morgan fingerprint density at radius 1 is 1.23 bits per heavy atom. The Morgan fingerprint density at radius 2 is 2.00 bits per heavy atom. The van der Waals surface area contributed by atoms with Crippen LogP contribution in [-0.2, 0) is 4.79 Å². The van der Waals surface area contributed by atoms with E-state index < -0.39 is 17.4 Å². The Hall–Kier alpha value is -1.82. The summed E-state index contributed by atoms with van der Waals surface area (Å²) >= 11 is 0. The molecule has 1 aliphatic rings. The molecule has 1 amide bonds. The van der Waals surface area contributed by atoms with Crippen molar-refractivity contribution in [2.45, 2.75) is 38.1 Å². The van der Waals surface area contributed by atoms with Gasteiger partial charge in [0.25, 0.3) is 0 Å². The highest BCUT2D eigenvalue weighted by Gasteiger charge is 2.26. The first kappa shape index (κ1) is 16.5. The monoisotopic (exact) mass is 310 g/mol. The standard InChI is InChI=1S/C16H20F2N2O2/c17-11-4-5-13(14(18)9-11)15(21)6-7-16(22)20-8-2-1-3-12(20)10-19/h4-5,9,12H,1-3,6-8,10,19H2. The number of nitrogens with two attached hydrogens (primary N) is 1. The number of hydrogen-bond donors (Lipinski definition) is 1. The van der Waals surface area contributed by atoms with Crippen molar-refractivity contribution in [2.24, 2.45) is 5.73 Å². The van der Waals surface area contributed by atoms with Crippen molar-refractivity contribution in [3.63, 3.8) is 0 Å². The lowest BCUT2D eigenvalue weighted by Crippen LogP contribution is -2.47. The van der Waals surface area contributed by atoms with Gasteiger partial charge in [-0.3, -0.25) is 9.59 Å². The summed E-state index contributed by atoms with van der Waals surface area (Å²) in [6.45, 7) is 1.06. The topological polar surface area (TPSA) is 63.4 Å². The lowest BCUT2D eigenvalue weighted by Gasteiger charge is -2.35. The Balaban J connectivity index is 1.94. The number of carbonyl (C=O) groups excluding carboxylic acids is 2. The second-order valence-corrected chi connectivity index (χ2v) is 5.52. The molecule has 2 rings (SSSR count). The van der Waals surface area contributed by atoms with Crippen LogP contribution >= 0.6 is 0 Å². The average molecular weight is 310 g/mol.